The number of carboxylic acid groups (broad SMARTS) is 1. The Bertz CT molecular complexity index is 1730. The Morgan fingerprint density at radius 1 is 1.07 bits per heavy atom. The summed E-state index contributed by atoms with van der Waals surface area (Å²) in [6.07, 6.45) is 0.472. The van der Waals surface area contributed by atoms with E-state index in [1.54, 1.807) is 25.0 Å². The Balaban J connectivity index is 1.22. The van der Waals surface area contributed by atoms with Crippen LogP contribution in [0.15, 0.2) is 77.2 Å². The van der Waals surface area contributed by atoms with Crippen molar-refractivity contribution in [1.82, 2.24) is 9.97 Å². The second-order valence-electron chi connectivity index (χ2n) is 10.0. The van der Waals surface area contributed by atoms with Gasteiger partial charge >= 0.3 is 5.97 Å². The average molecular weight is 537 g/mol. The van der Waals surface area contributed by atoms with Crippen LogP contribution in [0, 0.1) is 12.8 Å². The van der Waals surface area contributed by atoms with Crippen LogP contribution in [0.5, 0.6) is 5.75 Å². The van der Waals surface area contributed by atoms with Crippen LogP contribution in [-0.2, 0) is 9.59 Å². The van der Waals surface area contributed by atoms with Crippen molar-refractivity contribution in [3.8, 4) is 16.9 Å². The maximum Gasteiger partial charge on any atom is 0.326 e. The number of nitrogens with zero attached hydrogens (tertiary/aromatic N) is 3. The number of hydrogen-bond acceptors (Lipinski definition) is 7. The van der Waals surface area contributed by atoms with Crippen LogP contribution in [-0.4, -0.2) is 46.6 Å². The van der Waals surface area contributed by atoms with Gasteiger partial charge in [-0.3, -0.25) is 4.79 Å². The van der Waals surface area contributed by atoms with Crippen LogP contribution in [0.25, 0.3) is 33.2 Å². The maximum absolute atomic E-state index is 13.1. The molecule has 0 bridgehead atoms. The molecule has 2 aromatic heterocycles. The normalized spacial score (nSPS) is 16.9. The highest BCUT2D eigenvalue weighted by Crippen LogP contribution is 2.38. The second-order valence-corrected chi connectivity index (χ2v) is 10.0. The highest BCUT2D eigenvalue weighted by molar-refractivity contribution is 6.06. The van der Waals surface area contributed by atoms with E-state index in [0.717, 1.165) is 16.5 Å². The largest absolute Gasteiger partial charge is 0.496 e. The third-order valence-electron chi connectivity index (χ3n) is 7.30. The van der Waals surface area contributed by atoms with Crippen LogP contribution >= 0.6 is 0 Å². The number of fused-ring (bicyclic) bond motifs is 3. The molecule has 2 N–H and O–H groups in total. The molecule has 1 saturated heterocycles. The molecule has 1 aliphatic heterocycles. The van der Waals surface area contributed by atoms with Crippen molar-refractivity contribution in [2.24, 2.45) is 5.92 Å². The number of ether oxygens (including phenoxy) is 1. The number of aliphatic carboxylic acids is 1. The molecule has 0 saturated carbocycles. The van der Waals surface area contributed by atoms with Crippen LogP contribution in [0.2, 0.25) is 0 Å². The molecule has 1 aliphatic rings. The predicted molar refractivity (Wildman–Crippen MR) is 153 cm³/mol. The lowest BCUT2D eigenvalue weighted by molar-refractivity contribution is -0.138. The van der Waals surface area contributed by atoms with Crippen LogP contribution in [0.1, 0.15) is 18.7 Å². The minimum Gasteiger partial charge on any atom is -0.496 e. The Morgan fingerprint density at radius 2 is 1.85 bits per heavy atom. The van der Waals surface area contributed by atoms with Gasteiger partial charge in [-0.05, 0) is 49.1 Å². The fraction of sp³-hybridized carbons (Fsp3) is 0.226. The number of carbonyl (C=O) groups is 2. The molecule has 3 aromatic carbocycles. The lowest BCUT2D eigenvalue weighted by Gasteiger charge is -2.22. The molecule has 0 unspecified atom stereocenters. The van der Waals surface area contributed by atoms with Crippen LogP contribution < -0.4 is 15.0 Å². The highest BCUT2D eigenvalue weighted by Gasteiger charge is 2.40. The van der Waals surface area contributed by atoms with E-state index in [9.17, 15) is 14.7 Å². The standard InChI is InChI=1S/C31H28N4O5/c1-18-32-28-23-10-6-7-11-25(23)40-29(28)30(33-18)35-17-19(14-24(35)31(37)38)15-27(36)34-21-12-13-22(26(16-21)39-2)20-8-4-3-5-9-20/h3-13,16,19,24H,14-15,17H2,1-2H3,(H,34,36)(H,37,38)/t19-,24+/m1/s1. The molecule has 6 rings (SSSR count). The summed E-state index contributed by atoms with van der Waals surface area (Å²) in [7, 11) is 1.60. The molecular formula is C31H28N4O5. The van der Waals surface area contributed by atoms with E-state index in [2.05, 4.69) is 15.3 Å². The number of amides is 1. The van der Waals surface area contributed by atoms with E-state index in [1.165, 1.54) is 0 Å². The Morgan fingerprint density at radius 3 is 2.62 bits per heavy atom. The fourth-order valence-corrected chi connectivity index (χ4v) is 5.52. The van der Waals surface area contributed by atoms with Crippen LogP contribution in [0.3, 0.4) is 0 Å². The smallest absolute Gasteiger partial charge is 0.326 e. The number of rotatable bonds is 7. The van der Waals surface area contributed by atoms with Crippen molar-refractivity contribution in [2.45, 2.75) is 25.8 Å². The average Bonchev–Trinajstić information content (AvgIpc) is 3.55. The molecular weight excluding hydrogens is 508 g/mol. The maximum atomic E-state index is 13.1. The molecule has 0 spiro atoms. The summed E-state index contributed by atoms with van der Waals surface area (Å²) in [6.45, 7) is 2.13. The van der Waals surface area contributed by atoms with Gasteiger partial charge in [0, 0.05) is 35.7 Å². The first-order valence-electron chi connectivity index (χ1n) is 13.1. The van der Waals surface area contributed by atoms with Gasteiger partial charge in [-0.15, -0.1) is 0 Å². The van der Waals surface area contributed by atoms with Crippen LogP contribution in [0.4, 0.5) is 11.5 Å². The summed E-state index contributed by atoms with van der Waals surface area (Å²) in [4.78, 5) is 36.2. The molecule has 5 aromatic rings. The molecule has 2 atom stereocenters. The minimum absolute atomic E-state index is 0.163. The minimum atomic E-state index is -0.968. The van der Waals surface area contributed by atoms with Crippen molar-refractivity contribution >= 4 is 45.5 Å². The van der Waals surface area contributed by atoms with E-state index in [0.29, 0.717) is 52.7 Å². The summed E-state index contributed by atoms with van der Waals surface area (Å²) in [5, 5.41) is 13.9. The number of nitrogens with one attached hydrogen (secondary N) is 1. The highest BCUT2D eigenvalue weighted by atomic mass is 16.5. The Labute approximate surface area is 230 Å². The van der Waals surface area contributed by atoms with Crippen molar-refractivity contribution in [1.29, 1.82) is 0 Å². The number of carboxylic acids is 1. The first-order valence-corrected chi connectivity index (χ1v) is 13.1. The van der Waals surface area contributed by atoms with Gasteiger partial charge in [0.2, 0.25) is 5.91 Å². The number of aryl methyl sites for hydroxylation is 1. The lowest BCUT2D eigenvalue weighted by atomic mass is 10.0. The van der Waals surface area contributed by atoms with E-state index in [1.807, 2.05) is 66.7 Å². The topological polar surface area (TPSA) is 118 Å². The summed E-state index contributed by atoms with van der Waals surface area (Å²) in [5.41, 5.74) is 4.32. The molecule has 9 heteroatoms. The summed E-state index contributed by atoms with van der Waals surface area (Å²) < 4.78 is 11.7. The third-order valence-corrected chi connectivity index (χ3v) is 7.30. The van der Waals surface area contributed by atoms with Gasteiger partial charge in [0.25, 0.3) is 0 Å². The van der Waals surface area contributed by atoms with Gasteiger partial charge in [-0.1, -0.05) is 42.5 Å². The molecule has 3 heterocycles. The van der Waals surface area contributed by atoms with Gasteiger partial charge in [-0.2, -0.15) is 0 Å². The molecule has 1 amide bonds. The molecule has 1 fully saturated rings. The number of para-hydroxylation sites is 1. The van der Waals surface area contributed by atoms with E-state index < -0.39 is 12.0 Å². The summed E-state index contributed by atoms with van der Waals surface area (Å²) in [6, 6.07) is 22.1. The predicted octanol–water partition coefficient (Wildman–Crippen LogP) is 5.67. The molecule has 0 radical (unpaired) electrons. The van der Waals surface area contributed by atoms with Gasteiger partial charge in [0.15, 0.2) is 11.4 Å². The molecule has 202 valence electrons. The summed E-state index contributed by atoms with van der Waals surface area (Å²) >= 11 is 0. The van der Waals surface area contributed by atoms with Crippen molar-refractivity contribution < 1.29 is 23.8 Å². The number of carbonyl (C=O) groups excluding carboxylic acids is 1. The third kappa shape index (κ3) is 4.70. The number of furan rings is 1. The van der Waals surface area contributed by atoms with Crippen molar-refractivity contribution in [3.05, 3.63) is 78.6 Å². The van der Waals surface area contributed by atoms with E-state index >= 15 is 0 Å². The molecule has 40 heavy (non-hydrogen) atoms. The van der Waals surface area contributed by atoms with E-state index in [-0.39, 0.29) is 18.2 Å². The molecule has 9 nitrogen and oxygen atoms in total. The van der Waals surface area contributed by atoms with Crippen molar-refractivity contribution in [2.75, 3.05) is 23.9 Å². The van der Waals surface area contributed by atoms with Gasteiger partial charge in [0.05, 0.1) is 7.11 Å². The Hall–Kier alpha value is -4.92. The quantitative estimate of drug-likeness (QED) is 0.273. The zero-order valence-electron chi connectivity index (χ0n) is 22.1. The monoisotopic (exact) mass is 536 g/mol. The zero-order chi connectivity index (χ0) is 27.8. The lowest BCUT2D eigenvalue weighted by Crippen LogP contribution is -2.36. The SMILES string of the molecule is COc1cc(NC(=O)C[C@H]2C[C@@H](C(=O)O)N(c3nc(C)nc4c3oc3ccccc34)C2)ccc1-c1ccccc1. The van der Waals surface area contributed by atoms with Gasteiger partial charge in [-0.25, -0.2) is 14.8 Å². The second kappa shape index (κ2) is 10.3. The first-order chi connectivity index (χ1) is 19.4. The zero-order valence-corrected chi connectivity index (χ0v) is 22.1. The number of aromatic nitrogens is 2. The Kier molecular flexibility index (Phi) is 6.55. The van der Waals surface area contributed by atoms with Gasteiger partial charge < -0.3 is 24.5 Å². The summed E-state index contributed by atoms with van der Waals surface area (Å²) in [5.74, 6) is 0.253. The number of hydrogen-bond donors (Lipinski definition) is 2. The molecule has 0 aliphatic carbocycles. The first kappa shape index (κ1) is 25.4. The number of benzene rings is 3. The number of anilines is 2. The van der Waals surface area contributed by atoms with Gasteiger partial charge in [0.1, 0.15) is 28.7 Å². The van der Waals surface area contributed by atoms with Crippen molar-refractivity contribution in [3.63, 3.8) is 0 Å². The number of methoxy groups -OCH3 is 1. The van der Waals surface area contributed by atoms with E-state index in [4.69, 9.17) is 9.15 Å². The fourth-order valence-electron chi connectivity index (χ4n) is 5.52.